The number of carbonyl (C=O) groups is 1. The van der Waals surface area contributed by atoms with Gasteiger partial charge in [-0.3, -0.25) is 9.69 Å². The molecule has 1 unspecified atom stereocenters. The second-order valence-electron chi connectivity index (χ2n) is 5.30. The molecule has 3 aliphatic rings. The fourth-order valence-electron chi connectivity index (χ4n) is 2.82. The van der Waals surface area contributed by atoms with E-state index >= 15 is 0 Å². The molecule has 0 N–H and O–H groups in total. The molecule has 100 valence electrons. The van der Waals surface area contributed by atoms with Crippen molar-refractivity contribution in [3.05, 3.63) is 22.6 Å². The minimum absolute atomic E-state index is 0.0948. The summed E-state index contributed by atoms with van der Waals surface area (Å²) in [6, 6.07) is 0. The molecule has 3 nitrogen and oxygen atoms in total. The van der Waals surface area contributed by atoms with Crippen molar-refractivity contribution in [3.8, 4) is 0 Å². The molecule has 0 spiro atoms. The molecule has 0 bridgehead atoms. The van der Waals surface area contributed by atoms with Crippen molar-refractivity contribution in [1.29, 1.82) is 0 Å². The first-order valence-electron chi connectivity index (χ1n) is 6.56. The van der Waals surface area contributed by atoms with Gasteiger partial charge in [0.25, 0.3) is 0 Å². The predicted molar refractivity (Wildman–Crippen MR) is 83.1 cm³/mol. The summed E-state index contributed by atoms with van der Waals surface area (Å²) in [6.07, 6.45) is 4.53. The topological polar surface area (TPSA) is 32.7 Å². The van der Waals surface area contributed by atoms with Gasteiger partial charge in [-0.15, -0.1) is 0 Å². The van der Waals surface area contributed by atoms with E-state index in [-0.39, 0.29) is 11.8 Å². The number of thiocarbonyl (C=S) groups is 1. The zero-order valence-corrected chi connectivity index (χ0v) is 12.6. The summed E-state index contributed by atoms with van der Waals surface area (Å²) in [4.78, 5) is 20.1. The Morgan fingerprint density at radius 1 is 1.53 bits per heavy atom. The maximum absolute atomic E-state index is 12.7. The molecule has 1 amide bonds. The SMILES string of the molecule is C=C(C)CN1C(=O)C2C(=NC1=S)SC1=C2CCCC1. The van der Waals surface area contributed by atoms with E-state index in [0.717, 1.165) is 23.5 Å². The second kappa shape index (κ2) is 4.87. The number of allylic oxidation sites excluding steroid dienone is 1. The van der Waals surface area contributed by atoms with Crippen molar-refractivity contribution < 1.29 is 4.79 Å². The second-order valence-corrected chi connectivity index (χ2v) is 6.79. The lowest BCUT2D eigenvalue weighted by molar-refractivity contribution is -0.128. The van der Waals surface area contributed by atoms with Crippen molar-refractivity contribution >= 4 is 40.0 Å². The van der Waals surface area contributed by atoms with Gasteiger partial charge in [-0.05, 0) is 55.3 Å². The summed E-state index contributed by atoms with van der Waals surface area (Å²) in [5, 5.41) is 1.30. The van der Waals surface area contributed by atoms with Crippen LogP contribution in [0.4, 0.5) is 0 Å². The largest absolute Gasteiger partial charge is 0.282 e. The molecule has 0 radical (unpaired) electrons. The Morgan fingerprint density at radius 2 is 2.26 bits per heavy atom. The Labute approximate surface area is 122 Å². The van der Waals surface area contributed by atoms with Crippen LogP contribution in [-0.2, 0) is 4.79 Å². The number of hydrogen-bond acceptors (Lipinski definition) is 3. The quantitative estimate of drug-likeness (QED) is 0.578. The van der Waals surface area contributed by atoms with Gasteiger partial charge < -0.3 is 0 Å². The third kappa shape index (κ3) is 2.19. The maximum atomic E-state index is 12.7. The zero-order valence-electron chi connectivity index (χ0n) is 10.9. The minimum Gasteiger partial charge on any atom is -0.282 e. The molecule has 2 aliphatic heterocycles. The minimum atomic E-state index is -0.147. The summed E-state index contributed by atoms with van der Waals surface area (Å²) in [5.41, 5.74) is 2.23. The van der Waals surface area contributed by atoms with Crippen LogP contribution in [0.25, 0.3) is 0 Å². The molecule has 0 saturated heterocycles. The third-order valence-corrected chi connectivity index (χ3v) is 5.22. The average Bonchev–Trinajstić information content (AvgIpc) is 2.72. The number of aliphatic imine (C=N–C) groups is 1. The van der Waals surface area contributed by atoms with Crippen molar-refractivity contribution in [1.82, 2.24) is 4.90 Å². The lowest BCUT2D eigenvalue weighted by atomic mass is 9.88. The highest BCUT2D eigenvalue weighted by Gasteiger charge is 2.44. The first kappa shape index (κ1) is 13.1. The van der Waals surface area contributed by atoms with Crippen LogP contribution in [0.15, 0.2) is 27.6 Å². The zero-order chi connectivity index (χ0) is 13.6. The van der Waals surface area contributed by atoms with Crippen LogP contribution >= 0.6 is 24.0 Å². The van der Waals surface area contributed by atoms with Crippen LogP contribution in [0, 0.1) is 5.92 Å². The fourth-order valence-corrected chi connectivity index (χ4v) is 4.47. The predicted octanol–water partition coefficient (Wildman–Crippen LogP) is 3.28. The molecule has 0 aromatic heterocycles. The van der Waals surface area contributed by atoms with Crippen molar-refractivity contribution in [2.75, 3.05) is 6.54 Å². The number of hydrogen-bond donors (Lipinski definition) is 0. The van der Waals surface area contributed by atoms with Crippen LogP contribution in [0.1, 0.15) is 32.6 Å². The van der Waals surface area contributed by atoms with Gasteiger partial charge >= 0.3 is 0 Å². The third-order valence-electron chi connectivity index (χ3n) is 3.66. The highest BCUT2D eigenvalue weighted by Crippen LogP contribution is 2.47. The molecule has 0 aromatic rings. The van der Waals surface area contributed by atoms with E-state index in [1.165, 1.54) is 23.3 Å². The monoisotopic (exact) mass is 292 g/mol. The van der Waals surface area contributed by atoms with E-state index in [0.29, 0.717) is 11.7 Å². The molecule has 19 heavy (non-hydrogen) atoms. The van der Waals surface area contributed by atoms with Crippen LogP contribution in [0.2, 0.25) is 0 Å². The van der Waals surface area contributed by atoms with Gasteiger partial charge in [0.15, 0.2) is 0 Å². The summed E-state index contributed by atoms with van der Waals surface area (Å²) in [7, 11) is 0. The van der Waals surface area contributed by atoms with Crippen molar-refractivity contribution in [2.45, 2.75) is 32.6 Å². The van der Waals surface area contributed by atoms with Crippen LogP contribution in [0.5, 0.6) is 0 Å². The van der Waals surface area contributed by atoms with E-state index in [9.17, 15) is 4.79 Å². The summed E-state index contributed by atoms with van der Waals surface area (Å²) >= 11 is 6.94. The maximum Gasteiger partial charge on any atom is 0.242 e. The van der Waals surface area contributed by atoms with Gasteiger partial charge in [0.1, 0.15) is 5.92 Å². The van der Waals surface area contributed by atoms with Crippen LogP contribution in [0.3, 0.4) is 0 Å². The summed E-state index contributed by atoms with van der Waals surface area (Å²) in [6.45, 7) is 6.26. The lowest BCUT2D eigenvalue weighted by Crippen LogP contribution is -2.46. The number of thioether (sulfide) groups is 1. The van der Waals surface area contributed by atoms with Gasteiger partial charge in [0.05, 0.1) is 5.04 Å². The number of carbonyl (C=O) groups excluding carboxylic acids is 1. The van der Waals surface area contributed by atoms with Crippen LogP contribution in [-0.4, -0.2) is 27.5 Å². The molecule has 0 aromatic carbocycles. The molecule has 0 saturated carbocycles. The van der Waals surface area contributed by atoms with E-state index in [1.807, 2.05) is 6.92 Å². The first-order chi connectivity index (χ1) is 9.08. The Bertz CT molecular complexity index is 548. The fraction of sp³-hybridized carbons (Fsp3) is 0.500. The molecular formula is C14H16N2OS2. The van der Waals surface area contributed by atoms with Gasteiger partial charge in [0, 0.05) is 6.54 Å². The molecular weight excluding hydrogens is 276 g/mol. The first-order valence-corrected chi connectivity index (χ1v) is 7.78. The van der Waals surface area contributed by atoms with E-state index in [2.05, 4.69) is 11.6 Å². The molecule has 5 heteroatoms. The molecule has 1 aliphatic carbocycles. The van der Waals surface area contributed by atoms with Gasteiger partial charge in [-0.25, -0.2) is 4.99 Å². The van der Waals surface area contributed by atoms with Gasteiger partial charge in [-0.2, -0.15) is 0 Å². The van der Waals surface area contributed by atoms with E-state index in [4.69, 9.17) is 12.2 Å². The number of amides is 1. The highest BCUT2D eigenvalue weighted by atomic mass is 32.2. The smallest absolute Gasteiger partial charge is 0.242 e. The normalized spacial score (nSPS) is 26.3. The molecule has 1 atom stereocenters. The Hall–Kier alpha value is -0.940. The number of fused-ring (bicyclic) bond motifs is 2. The van der Waals surface area contributed by atoms with E-state index in [1.54, 1.807) is 16.7 Å². The number of rotatable bonds is 2. The molecule has 3 rings (SSSR count). The summed E-state index contributed by atoms with van der Waals surface area (Å²) in [5.74, 6) is -0.0521. The van der Waals surface area contributed by atoms with E-state index < -0.39 is 0 Å². The van der Waals surface area contributed by atoms with Crippen molar-refractivity contribution in [2.24, 2.45) is 10.9 Å². The number of nitrogens with zero attached hydrogens (tertiary/aromatic N) is 2. The van der Waals surface area contributed by atoms with Crippen LogP contribution < -0.4 is 0 Å². The Kier molecular flexibility index (Phi) is 3.35. The summed E-state index contributed by atoms with van der Waals surface area (Å²) < 4.78 is 0. The van der Waals surface area contributed by atoms with Gasteiger partial charge in [-0.1, -0.05) is 23.9 Å². The molecule has 2 heterocycles. The Morgan fingerprint density at radius 3 is 3.00 bits per heavy atom. The molecule has 0 fully saturated rings. The highest BCUT2D eigenvalue weighted by molar-refractivity contribution is 8.17. The Balaban J connectivity index is 1.95. The average molecular weight is 292 g/mol. The lowest BCUT2D eigenvalue weighted by Gasteiger charge is -2.30. The standard InChI is InChI=1S/C14H16N2OS2/c1-8(2)7-16-13(17)11-9-5-3-4-6-10(9)19-12(11)15-14(16)18/h11H,1,3-7H2,2H3. The van der Waals surface area contributed by atoms with Crippen molar-refractivity contribution in [3.63, 3.8) is 0 Å². The van der Waals surface area contributed by atoms with Gasteiger partial charge in [0.2, 0.25) is 11.0 Å².